The van der Waals surface area contributed by atoms with Crippen molar-refractivity contribution in [3.8, 4) is 0 Å². The van der Waals surface area contributed by atoms with Gasteiger partial charge in [-0.1, -0.05) is 0 Å². The first kappa shape index (κ1) is 16.3. The Morgan fingerprint density at radius 2 is 2.18 bits per heavy atom. The molecule has 1 aliphatic heterocycles. The van der Waals surface area contributed by atoms with Gasteiger partial charge in [0.2, 0.25) is 5.91 Å². The lowest BCUT2D eigenvalue weighted by atomic mass is 10.0. The van der Waals surface area contributed by atoms with Gasteiger partial charge in [-0.2, -0.15) is 5.10 Å². The maximum atomic E-state index is 12.0. The van der Waals surface area contributed by atoms with Gasteiger partial charge in [0.25, 0.3) is 0 Å². The van der Waals surface area contributed by atoms with Crippen LogP contribution in [0.3, 0.4) is 0 Å². The molecule has 1 amide bonds. The van der Waals surface area contributed by atoms with Gasteiger partial charge in [-0.05, 0) is 13.8 Å². The number of carbonyl (C=O) groups excluding carboxylic acids is 1. The topological polar surface area (TPSA) is 129 Å². The standard InChI is InChI=1S/C12H18N4O6/c1-11(2)21-7-12(6-17,8-22-11)14-10(18)5-15-4-9(3-13-15)16(19)20/h3-4,17H,5-8H2,1-2H3,(H,14,18). The molecule has 2 heterocycles. The summed E-state index contributed by atoms with van der Waals surface area (Å²) < 4.78 is 12.0. The van der Waals surface area contributed by atoms with Gasteiger partial charge in [0.15, 0.2) is 5.79 Å². The largest absolute Gasteiger partial charge is 0.394 e. The van der Waals surface area contributed by atoms with E-state index in [0.29, 0.717) is 0 Å². The van der Waals surface area contributed by atoms with Crippen molar-refractivity contribution in [3.05, 3.63) is 22.5 Å². The van der Waals surface area contributed by atoms with Crippen LogP contribution in [0.15, 0.2) is 12.4 Å². The van der Waals surface area contributed by atoms with Gasteiger partial charge < -0.3 is 19.9 Å². The molecule has 22 heavy (non-hydrogen) atoms. The maximum Gasteiger partial charge on any atom is 0.307 e. The summed E-state index contributed by atoms with van der Waals surface area (Å²) in [4.78, 5) is 22.0. The summed E-state index contributed by atoms with van der Waals surface area (Å²) in [5.41, 5.74) is -1.23. The highest BCUT2D eigenvalue weighted by atomic mass is 16.7. The molecule has 0 bridgehead atoms. The highest BCUT2D eigenvalue weighted by Gasteiger charge is 2.40. The van der Waals surface area contributed by atoms with Crippen LogP contribution in [0, 0.1) is 10.1 Å². The number of carbonyl (C=O) groups is 1. The Hall–Kier alpha value is -2.04. The first-order valence-corrected chi connectivity index (χ1v) is 6.62. The number of hydrogen-bond donors (Lipinski definition) is 2. The number of aliphatic hydroxyl groups is 1. The van der Waals surface area contributed by atoms with E-state index in [1.807, 2.05) is 0 Å². The quantitative estimate of drug-likeness (QED) is 0.549. The third-order valence-corrected chi connectivity index (χ3v) is 3.24. The number of aliphatic hydroxyl groups excluding tert-OH is 1. The van der Waals surface area contributed by atoms with Crippen LogP contribution in [-0.4, -0.2) is 56.9 Å². The van der Waals surface area contributed by atoms with Gasteiger partial charge in [-0.3, -0.25) is 19.6 Å². The molecule has 1 aromatic rings. The van der Waals surface area contributed by atoms with Crippen molar-refractivity contribution in [2.24, 2.45) is 0 Å². The summed E-state index contributed by atoms with van der Waals surface area (Å²) in [5.74, 6) is -1.23. The third-order valence-electron chi connectivity index (χ3n) is 3.24. The Labute approximate surface area is 126 Å². The van der Waals surface area contributed by atoms with E-state index in [2.05, 4.69) is 10.4 Å². The third kappa shape index (κ3) is 3.78. The molecule has 0 unspecified atom stereocenters. The zero-order valence-corrected chi connectivity index (χ0v) is 12.3. The molecule has 2 rings (SSSR count). The van der Waals surface area contributed by atoms with Crippen LogP contribution in [0.2, 0.25) is 0 Å². The van der Waals surface area contributed by atoms with Gasteiger partial charge in [-0.25, -0.2) is 0 Å². The van der Waals surface area contributed by atoms with E-state index >= 15 is 0 Å². The summed E-state index contributed by atoms with van der Waals surface area (Å²) in [6.07, 6.45) is 2.21. The molecule has 10 nitrogen and oxygen atoms in total. The molecule has 1 aromatic heterocycles. The second-order valence-electron chi connectivity index (χ2n) is 5.62. The average molecular weight is 314 g/mol. The Morgan fingerprint density at radius 3 is 2.68 bits per heavy atom. The predicted molar refractivity (Wildman–Crippen MR) is 72.8 cm³/mol. The minimum Gasteiger partial charge on any atom is -0.394 e. The summed E-state index contributed by atoms with van der Waals surface area (Å²) >= 11 is 0. The number of nitrogens with one attached hydrogen (secondary N) is 1. The number of nitro groups is 1. The first-order chi connectivity index (χ1) is 10.3. The van der Waals surface area contributed by atoms with E-state index in [1.54, 1.807) is 13.8 Å². The van der Waals surface area contributed by atoms with Crippen LogP contribution < -0.4 is 5.32 Å². The lowest BCUT2D eigenvalue weighted by Crippen LogP contribution is -2.63. The van der Waals surface area contributed by atoms with Gasteiger partial charge in [-0.15, -0.1) is 0 Å². The number of nitrogens with zero attached hydrogens (tertiary/aromatic N) is 3. The second-order valence-corrected chi connectivity index (χ2v) is 5.62. The molecule has 0 aromatic carbocycles. The molecule has 122 valence electrons. The van der Waals surface area contributed by atoms with Crippen molar-refractivity contribution in [3.63, 3.8) is 0 Å². The molecule has 10 heteroatoms. The fourth-order valence-electron chi connectivity index (χ4n) is 1.93. The smallest absolute Gasteiger partial charge is 0.307 e. The number of amides is 1. The molecule has 0 radical (unpaired) electrons. The van der Waals surface area contributed by atoms with Gasteiger partial charge in [0.1, 0.15) is 24.5 Å². The van der Waals surface area contributed by atoms with Gasteiger partial charge >= 0.3 is 5.69 Å². The van der Waals surface area contributed by atoms with Crippen LogP contribution in [0.5, 0.6) is 0 Å². The monoisotopic (exact) mass is 314 g/mol. The fraction of sp³-hybridized carbons (Fsp3) is 0.667. The molecular formula is C12H18N4O6. The summed E-state index contributed by atoms with van der Waals surface area (Å²) in [6.45, 7) is 3.11. The van der Waals surface area contributed by atoms with E-state index in [9.17, 15) is 20.0 Å². The van der Waals surface area contributed by atoms with Crippen molar-refractivity contribution in [2.75, 3.05) is 19.8 Å². The minimum atomic E-state index is -1.04. The lowest BCUT2D eigenvalue weighted by Gasteiger charge is -2.42. The van der Waals surface area contributed by atoms with Crippen molar-refractivity contribution in [1.82, 2.24) is 15.1 Å². The van der Waals surface area contributed by atoms with Crippen LogP contribution in [0.4, 0.5) is 5.69 Å². The summed E-state index contributed by atoms with van der Waals surface area (Å²) in [6, 6.07) is 0. The van der Waals surface area contributed by atoms with Crippen molar-refractivity contribution < 1.29 is 24.3 Å². The van der Waals surface area contributed by atoms with Crippen LogP contribution in [0.1, 0.15) is 13.8 Å². The van der Waals surface area contributed by atoms with Gasteiger partial charge in [0.05, 0.1) is 24.7 Å². The van der Waals surface area contributed by atoms with Crippen LogP contribution >= 0.6 is 0 Å². The Balaban J connectivity index is 1.96. The van der Waals surface area contributed by atoms with Crippen molar-refractivity contribution in [1.29, 1.82) is 0 Å². The Kier molecular flexibility index (Phi) is 4.44. The maximum absolute atomic E-state index is 12.0. The number of aromatic nitrogens is 2. The molecule has 1 aliphatic rings. The van der Waals surface area contributed by atoms with Crippen LogP contribution in [-0.2, 0) is 20.8 Å². The molecule has 1 fully saturated rings. The van der Waals surface area contributed by atoms with E-state index < -0.39 is 22.2 Å². The zero-order chi connectivity index (χ0) is 16.4. The number of ether oxygens (including phenoxy) is 2. The summed E-state index contributed by atoms with van der Waals surface area (Å²) in [5, 5.41) is 26.4. The predicted octanol–water partition coefficient (Wildman–Crippen LogP) is -0.578. The highest BCUT2D eigenvalue weighted by molar-refractivity contribution is 5.76. The van der Waals surface area contributed by atoms with Crippen molar-refractivity contribution in [2.45, 2.75) is 31.7 Å². The van der Waals surface area contributed by atoms with E-state index in [-0.39, 0.29) is 32.1 Å². The first-order valence-electron chi connectivity index (χ1n) is 6.62. The Bertz CT molecular complexity index is 560. The molecule has 1 saturated heterocycles. The molecule has 0 aliphatic carbocycles. The average Bonchev–Trinajstić information content (AvgIpc) is 2.90. The highest BCUT2D eigenvalue weighted by Crippen LogP contribution is 2.23. The molecule has 0 spiro atoms. The second kappa shape index (κ2) is 5.99. The minimum absolute atomic E-state index is 0.0987. The van der Waals surface area contributed by atoms with Crippen LogP contribution in [0.25, 0.3) is 0 Å². The Morgan fingerprint density at radius 1 is 1.55 bits per heavy atom. The normalized spacial score (nSPS) is 19.6. The molecular weight excluding hydrogens is 296 g/mol. The molecule has 2 N–H and O–H groups in total. The summed E-state index contributed by atoms with van der Waals surface area (Å²) in [7, 11) is 0. The van der Waals surface area contributed by atoms with Gasteiger partial charge in [0, 0.05) is 0 Å². The van der Waals surface area contributed by atoms with Crippen molar-refractivity contribution >= 4 is 11.6 Å². The number of rotatable bonds is 5. The molecule has 0 saturated carbocycles. The zero-order valence-electron chi connectivity index (χ0n) is 12.3. The van der Waals surface area contributed by atoms with E-state index in [1.165, 1.54) is 0 Å². The fourth-order valence-corrected chi connectivity index (χ4v) is 1.93. The van der Waals surface area contributed by atoms with E-state index in [4.69, 9.17) is 9.47 Å². The number of hydrogen-bond acceptors (Lipinski definition) is 7. The molecule has 0 atom stereocenters. The SMILES string of the molecule is CC1(C)OCC(CO)(NC(=O)Cn2cc([N+](=O)[O-])cn2)CO1. The van der Waals surface area contributed by atoms with E-state index in [0.717, 1.165) is 17.1 Å². The lowest BCUT2D eigenvalue weighted by molar-refractivity contribution is -0.385.